The first-order chi connectivity index (χ1) is 8.65. The first-order valence-corrected chi connectivity index (χ1v) is 7.95. The van der Waals surface area contributed by atoms with Crippen molar-refractivity contribution in [3.8, 4) is 0 Å². The molecule has 1 aromatic rings. The van der Waals surface area contributed by atoms with Gasteiger partial charge in [0, 0.05) is 36.0 Å². The molecule has 1 aliphatic heterocycles. The fourth-order valence-electron chi connectivity index (χ4n) is 2.96. The van der Waals surface area contributed by atoms with E-state index in [0.717, 1.165) is 25.9 Å². The molecule has 0 aliphatic carbocycles. The van der Waals surface area contributed by atoms with Crippen molar-refractivity contribution < 1.29 is 5.11 Å². The molecule has 0 aromatic carbocycles. The van der Waals surface area contributed by atoms with E-state index in [9.17, 15) is 5.11 Å². The lowest BCUT2D eigenvalue weighted by Gasteiger charge is -2.41. The lowest BCUT2D eigenvalue weighted by atomic mass is 9.81. The highest BCUT2D eigenvalue weighted by atomic mass is 32.1. The molecule has 102 valence electrons. The summed E-state index contributed by atoms with van der Waals surface area (Å²) in [7, 11) is 0. The van der Waals surface area contributed by atoms with Crippen molar-refractivity contribution in [1.82, 2.24) is 4.90 Å². The maximum atomic E-state index is 9.72. The monoisotopic (exact) mass is 267 g/mol. The highest BCUT2D eigenvalue weighted by molar-refractivity contribution is 7.10. The van der Waals surface area contributed by atoms with Gasteiger partial charge in [-0.25, -0.2) is 0 Å². The quantitative estimate of drug-likeness (QED) is 0.883. The van der Waals surface area contributed by atoms with Gasteiger partial charge in [-0.2, -0.15) is 0 Å². The van der Waals surface area contributed by atoms with E-state index in [2.05, 4.69) is 37.1 Å². The van der Waals surface area contributed by atoms with Crippen LogP contribution >= 0.6 is 11.3 Å². The Morgan fingerprint density at radius 1 is 1.44 bits per heavy atom. The Balaban J connectivity index is 2.12. The average Bonchev–Trinajstić information content (AvgIpc) is 2.88. The number of fused-ring (bicyclic) bond motifs is 1. The van der Waals surface area contributed by atoms with Crippen LogP contribution in [0.2, 0.25) is 0 Å². The minimum Gasteiger partial charge on any atom is -0.396 e. The lowest BCUT2D eigenvalue weighted by molar-refractivity contribution is 0.0469. The van der Waals surface area contributed by atoms with Crippen molar-refractivity contribution in [3.05, 3.63) is 21.9 Å². The molecule has 2 rings (SSSR count). The van der Waals surface area contributed by atoms with E-state index in [1.807, 2.05) is 11.3 Å². The van der Waals surface area contributed by atoms with Crippen LogP contribution < -0.4 is 0 Å². The van der Waals surface area contributed by atoms with Crippen LogP contribution in [0.3, 0.4) is 0 Å². The van der Waals surface area contributed by atoms with Crippen molar-refractivity contribution in [2.45, 2.75) is 46.1 Å². The van der Waals surface area contributed by atoms with Gasteiger partial charge in [0.1, 0.15) is 0 Å². The van der Waals surface area contributed by atoms with E-state index in [4.69, 9.17) is 0 Å². The molecule has 18 heavy (non-hydrogen) atoms. The van der Waals surface area contributed by atoms with Gasteiger partial charge >= 0.3 is 0 Å². The number of aliphatic hydroxyl groups is 1. The van der Waals surface area contributed by atoms with Crippen molar-refractivity contribution in [1.29, 1.82) is 0 Å². The molecule has 1 unspecified atom stereocenters. The minimum atomic E-state index is 0.0851. The molecule has 1 atom stereocenters. The maximum Gasteiger partial charge on any atom is 0.0499 e. The number of hydrogen-bond donors (Lipinski definition) is 1. The SMILES string of the molecule is CCC(CC)(CO)CN1CCc2sccc2C1C. The largest absolute Gasteiger partial charge is 0.396 e. The Morgan fingerprint density at radius 2 is 2.17 bits per heavy atom. The van der Waals surface area contributed by atoms with E-state index in [1.165, 1.54) is 12.0 Å². The standard InChI is InChI=1S/C15H25NOS/c1-4-15(5-2,11-17)10-16-8-6-14-13(12(16)3)7-9-18-14/h7,9,12,17H,4-6,8,10-11H2,1-3H3. The summed E-state index contributed by atoms with van der Waals surface area (Å²) in [5.41, 5.74) is 1.59. The van der Waals surface area contributed by atoms with Gasteiger partial charge in [-0.1, -0.05) is 13.8 Å². The zero-order chi connectivity index (χ0) is 13.2. The summed E-state index contributed by atoms with van der Waals surface area (Å²) in [6.45, 7) is 9.16. The smallest absolute Gasteiger partial charge is 0.0499 e. The second-order valence-electron chi connectivity index (χ2n) is 5.56. The van der Waals surface area contributed by atoms with Gasteiger partial charge in [-0.05, 0) is 43.2 Å². The van der Waals surface area contributed by atoms with Gasteiger partial charge < -0.3 is 5.11 Å². The van der Waals surface area contributed by atoms with E-state index < -0.39 is 0 Å². The second-order valence-corrected chi connectivity index (χ2v) is 6.56. The molecular formula is C15H25NOS. The van der Waals surface area contributed by atoms with Crippen LogP contribution in [0, 0.1) is 5.41 Å². The van der Waals surface area contributed by atoms with Gasteiger partial charge in [0.2, 0.25) is 0 Å². The van der Waals surface area contributed by atoms with Crippen molar-refractivity contribution in [3.63, 3.8) is 0 Å². The van der Waals surface area contributed by atoms with Crippen LogP contribution in [0.1, 0.15) is 50.1 Å². The summed E-state index contributed by atoms with van der Waals surface area (Å²) in [5.74, 6) is 0. The Hall–Kier alpha value is -0.380. The topological polar surface area (TPSA) is 23.5 Å². The number of nitrogens with zero attached hydrogens (tertiary/aromatic N) is 1. The first-order valence-electron chi connectivity index (χ1n) is 7.07. The lowest BCUT2D eigenvalue weighted by Crippen LogP contribution is -2.43. The van der Waals surface area contributed by atoms with E-state index >= 15 is 0 Å². The van der Waals surface area contributed by atoms with Gasteiger partial charge in [-0.15, -0.1) is 11.3 Å². The third-order valence-electron chi connectivity index (χ3n) is 4.78. The zero-order valence-corrected chi connectivity index (χ0v) is 12.6. The average molecular weight is 267 g/mol. The molecule has 0 amide bonds. The molecule has 0 saturated heterocycles. The van der Waals surface area contributed by atoms with Gasteiger partial charge in [0.15, 0.2) is 0 Å². The molecule has 0 saturated carbocycles. The molecule has 1 N–H and O–H groups in total. The summed E-state index contributed by atoms with van der Waals surface area (Å²) in [6, 6.07) is 2.78. The number of aliphatic hydroxyl groups excluding tert-OH is 1. The van der Waals surface area contributed by atoms with Crippen molar-refractivity contribution >= 4 is 11.3 Å². The predicted molar refractivity (Wildman–Crippen MR) is 78.1 cm³/mol. The molecule has 0 bridgehead atoms. The molecule has 1 aromatic heterocycles. The van der Waals surface area contributed by atoms with Crippen LogP contribution in [-0.4, -0.2) is 29.7 Å². The summed E-state index contributed by atoms with van der Waals surface area (Å²) < 4.78 is 0. The summed E-state index contributed by atoms with van der Waals surface area (Å²) in [6.07, 6.45) is 3.28. The molecule has 0 spiro atoms. The Kier molecular flexibility index (Phi) is 4.46. The zero-order valence-electron chi connectivity index (χ0n) is 11.8. The van der Waals surface area contributed by atoms with Crippen molar-refractivity contribution in [2.75, 3.05) is 19.7 Å². The highest BCUT2D eigenvalue weighted by Gasteiger charge is 2.32. The number of thiophene rings is 1. The summed E-state index contributed by atoms with van der Waals surface area (Å²) in [5, 5.41) is 11.9. The summed E-state index contributed by atoms with van der Waals surface area (Å²) >= 11 is 1.89. The van der Waals surface area contributed by atoms with E-state index in [1.54, 1.807) is 4.88 Å². The van der Waals surface area contributed by atoms with Crippen LogP contribution in [0.15, 0.2) is 11.4 Å². The van der Waals surface area contributed by atoms with Gasteiger partial charge in [0.25, 0.3) is 0 Å². The van der Waals surface area contributed by atoms with Gasteiger partial charge in [0.05, 0.1) is 0 Å². The second kappa shape index (κ2) is 5.72. The maximum absolute atomic E-state index is 9.72. The van der Waals surface area contributed by atoms with Crippen molar-refractivity contribution in [2.24, 2.45) is 5.41 Å². The third kappa shape index (κ3) is 2.49. The molecular weight excluding hydrogens is 242 g/mol. The number of hydrogen-bond acceptors (Lipinski definition) is 3. The van der Waals surface area contributed by atoms with Crippen LogP contribution in [0.25, 0.3) is 0 Å². The highest BCUT2D eigenvalue weighted by Crippen LogP contribution is 2.36. The normalized spacial score (nSPS) is 21.0. The Bertz CT molecular complexity index is 375. The molecule has 1 aliphatic rings. The fourth-order valence-corrected chi connectivity index (χ4v) is 3.92. The van der Waals surface area contributed by atoms with Gasteiger partial charge in [-0.3, -0.25) is 4.90 Å². The molecule has 2 heterocycles. The molecule has 0 radical (unpaired) electrons. The van der Waals surface area contributed by atoms with Crippen LogP contribution in [0.5, 0.6) is 0 Å². The third-order valence-corrected chi connectivity index (χ3v) is 5.77. The summed E-state index contributed by atoms with van der Waals surface area (Å²) in [4.78, 5) is 4.11. The number of rotatable bonds is 5. The Labute approximate surface area is 115 Å². The molecule has 2 nitrogen and oxygen atoms in total. The Morgan fingerprint density at radius 3 is 2.78 bits per heavy atom. The van der Waals surface area contributed by atoms with E-state index in [0.29, 0.717) is 12.6 Å². The first kappa shape index (κ1) is 14.0. The predicted octanol–water partition coefficient (Wildman–Crippen LogP) is 3.47. The van der Waals surface area contributed by atoms with Crippen LogP contribution in [-0.2, 0) is 6.42 Å². The fraction of sp³-hybridized carbons (Fsp3) is 0.733. The minimum absolute atomic E-state index is 0.0851. The molecule has 3 heteroatoms. The van der Waals surface area contributed by atoms with E-state index in [-0.39, 0.29) is 5.41 Å². The van der Waals surface area contributed by atoms with Crippen LogP contribution in [0.4, 0.5) is 0 Å². The molecule has 0 fully saturated rings.